The van der Waals surface area contributed by atoms with Gasteiger partial charge < -0.3 is 10.0 Å². The number of nitrogens with zero attached hydrogens (tertiary/aromatic N) is 3. The van der Waals surface area contributed by atoms with Crippen LogP contribution in [0.2, 0.25) is 5.15 Å². The normalized spacial score (nSPS) is 29.3. The second kappa shape index (κ2) is 5.15. The summed E-state index contributed by atoms with van der Waals surface area (Å²) < 4.78 is 0. The van der Waals surface area contributed by atoms with E-state index in [2.05, 4.69) is 23.7 Å². The van der Waals surface area contributed by atoms with Gasteiger partial charge in [0.15, 0.2) is 0 Å². The Morgan fingerprint density at radius 1 is 1.20 bits per heavy atom. The highest BCUT2D eigenvalue weighted by molar-refractivity contribution is 6.30. The van der Waals surface area contributed by atoms with Crippen molar-refractivity contribution in [1.82, 2.24) is 9.97 Å². The first kappa shape index (κ1) is 14.1. The summed E-state index contributed by atoms with van der Waals surface area (Å²) in [5.41, 5.74) is 0.962. The van der Waals surface area contributed by atoms with Crippen molar-refractivity contribution in [2.24, 2.45) is 0 Å². The minimum absolute atomic E-state index is 0.161. The van der Waals surface area contributed by atoms with Gasteiger partial charge in [-0.05, 0) is 32.6 Å². The Morgan fingerprint density at radius 2 is 1.80 bits per heavy atom. The van der Waals surface area contributed by atoms with Crippen LogP contribution in [0.15, 0.2) is 0 Å². The van der Waals surface area contributed by atoms with Crippen LogP contribution in [-0.2, 0) is 0 Å². The molecule has 2 aliphatic heterocycles. The van der Waals surface area contributed by atoms with Crippen LogP contribution < -0.4 is 4.90 Å². The van der Waals surface area contributed by atoms with Crippen molar-refractivity contribution >= 4 is 17.4 Å². The summed E-state index contributed by atoms with van der Waals surface area (Å²) in [6.07, 6.45) is 3.80. The van der Waals surface area contributed by atoms with E-state index in [0.29, 0.717) is 17.2 Å². The topological polar surface area (TPSA) is 49.2 Å². The number of hydrogen-bond acceptors (Lipinski definition) is 4. The van der Waals surface area contributed by atoms with Crippen LogP contribution in [0, 0.1) is 6.92 Å². The fourth-order valence-electron chi connectivity index (χ4n) is 3.50. The maximum atomic E-state index is 9.94. The number of fused-ring (bicyclic) bond motifs is 2. The first-order valence-corrected chi connectivity index (χ1v) is 7.85. The van der Waals surface area contributed by atoms with Crippen molar-refractivity contribution in [3.05, 3.63) is 16.5 Å². The molecule has 5 heteroatoms. The van der Waals surface area contributed by atoms with E-state index in [0.717, 1.165) is 42.9 Å². The highest BCUT2D eigenvalue weighted by Crippen LogP contribution is 2.40. The van der Waals surface area contributed by atoms with Crippen LogP contribution in [0.25, 0.3) is 0 Å². The quantitative estimate of drug-likeness (QED) is 0.852. The van der Waals surface area contributed by atoms with E-state index in [4.69, 9.17) is 16.6 Å². The van der Waals surface area contributed by atoms with Crippen LogP contribution in [0.5, 0.6) is 0 Å². The summed E-state index contributed by atoms with van der Waals surface area (Å²) in [5, 5.41) is 10.5. The predicted molar refractivity (Wildman–Crippen MR) is 80.4 cm³/mol. The van der Waals surface area contributed by atoms with E-state index in [1.54, 1.807) is 0 Å². The summed E-state index contributed by atoms with van der Waals surface area (Å²) in [6.45, 7) is 6.16. The summed E-state index contributed by atoms with van der Waals surface area (Å²) in [4.78, 5) is 11.6. The van der Waals surface area contributed by atoms with E-state index in [1.165, 1.54) is 0 Å². The van der Waals surface area contributed by atoms with Crippen LogP contribution in [0.1, 0.15) is 56.8 Å². The number of aromatic nitrogens is 2. The number of rotatable bonds is 2. The van der Waals surface area contributed by atoms with Gasteiger partial charge >= 0.3 is 0 Å². The van der Waals surface area contributed by atoms with Gasteiger partial charge in [0.1, 0.15) is 16.8 Å². The molecule has 0 radical (unpaired) electrons. The monoisotopic (exact) mass is 295 g/mol. The van der Waals surface area contributed by atoms with E-state index >= 15 is 0 Å². The molecule has 20 heavy (non-hydrogen) atoms. The molecule has 2 bridgehead atoms. The van der Waals surface area contributed by atoms with Crippen LogP contribution in [0.3, 0.4) is 0 Å². The molecule has 0 saturated carbocycles. The van der Waals surface area contributed by atoms with E-state index < -0.39 is 0 Å². The lowest BCUT2D eigenvalue weighted by Gasteiger charge is -2.39. The zero-order valence-electron chi connectivity index (χ0n) is 12.3. The Bertz CT molecular complexity index is 506. The number of aliphatic hydroxyl groups is 1. The fourth-order valence-corrected chi connectivity index (χ4v) is 3.67. The van der Waals surface area contributed by atoms with Crippen molar-refractivity contribution in [1.29, 1.82) is 0 Å². The molecule has 2 aliphatic rings. The maximum Gasteiger partial charge on any atom is 0.137 e. The predicted octanol–water partition coefficient (Wildman–Crippen LogP) is 3.05. The third-order valence-corrected chi connectivity index (χ3v) is 4.92. The number of halogens is 1. The molecule has 0 spiro atoms. The van der Waals surface area contributed by atoms with Crippen molar-refractivity contribution < 1.29 is 5.11 Å². The highest BCUT2D eigenvalue weighted by atomic mass is 35.5. The van der Waals surface area contributed by atoms with Crippen molar-refractivity contribution in [2.45, 2.75) is 70.6 Å². The zero-order valence-corrected chi connectivity index (χ0v) is 13.1. The Labute approximate surface area is 125 Å². The smallest absolute Gasteiger partial charge is 0.137 e. The first-order chi connectivity index (χ1) is 9.47. The van der Waals surface area contributed by atoms with Gasteiger partial charge in [-0.15, -0.1) is 0 Å². The minimum Gasteiger partial charge on any atom is -0.393 e. The molecule has 1 N–H and O–H groups in total. The standard InChI is InChI=1S/C15H22ClN3O/c1-8(2)14-17-13(16)9(3)15(18-14)19-10-4-5-11(19)7-12(20)6-10/h8,10-12,20H,4-7H2,1-3H3. The molecule has 3 heterocycles. The summed E-state index contributed by atoms with van der Waals surface area (Å²) in [5.74, 6) is 2.05. The Morgan fingerprint density at radius 3 is 2.35 bits per heavy atom. The molecule has 110 valence electrons. The fraction of sp³-hybridized carbons (Fsp3) is 0.733. The van der Waals surface area contributed by atoms with Gasteiger partial charge in [0.05, 0.1) is 6.10 Å². The average Bonchev–Trinajstić information content (AvgIpc) is 2.64. The number of hydrogen-bond donors (Lipinski definition) is 1. The third kappa shape index (κ3) is 2.29. The molecule has 2 atom stereocenters. The van der Waals surface area contributed by atoms with Crippen LogP contribution in [-0.4, -0.2) is 33.3 Å². The molecule has 0 amide bonds. The molecular weight excluding hydrogens is 274 g/mol. The molecule has 1 aromatic heterocycles. The van der Waals surface area contributed by atoms with Gasteiger partial charge in [0.25, 0.3) is 0 Å². The van der Waals surface area contributed by atoms with Crippen LogP contribution in [0.4, 0.5) is 5.82 Å². The molecular formula is C15H22ClN3O. The third-order valence-electron chi connectivity index (χ3n) is 4.55. The molecule has 1 aromatic rings. The lowest BCUT2D eigenvalue weighted by atomic mass is 9.99. The molecule has 0 aromatic carbocycles. The largest absolute Gasteiger partial charge is 0.393 e. The van der Waals surface area contributed by atoms with Gasteiger partial charge in [-0.25, -0.2) is 9.97 Å². The minimum atomic E-state index is -0.161. The highest BCUT2D eigenvalue weighted by Gasteiger charge is 2.41. The molecule has 2 saturated heterocycles. The van der Waals surface area contributed by atoms with E-state index in [1.807, 2.05) is 6.92 Å². The zero-order chi connectivity index (χ0) is 14.4. The van der Waals surface area contributed by atoms with Gasteiger partial charge in [-0.2, -0.15) is 0 Å². The molecule has 4 nitrogen and oxygen atoms in total. The lowest BCUT2D eigenvalue weighted by Crippen LogP contribution is -2.45. The second-order valence-corrected chi connectivity index (χ2v) is 6.75. The Balaban J connectivity index is 2.02. The first-order valence-electron chi connectivity index (χ1n) is 7.47. The summed E-state index contributed by atoms with van der Waals surface area (Å²) >= 11 is 6.30. The van der Waals surface area contributed by atoms with Gasteiger partial charge in [0.2, 0.25) is 0 Å². The van der Waals surface area contributed by atoms with Crippen LogP contribution >= 0.6 is 11.6 Å². The average molecular weight is 296 g/mol. The van der Waals surface area contributed by atoms with Crippen molar-refractivity contribution in [3.8, 4) is 0 Å². The summed E-state index contributed by atoms with van der Waals surface area (Å²) in [7, 11) is 0. The summed E-state index contributed by atoms with van der Waals surface area (Å²) in [6, 6.07) is 0.793. The van der Waals surface area contributed by atoms with Gasteiger partial charge in [0, 0.05) is 23.6 Å². The van der Waals surface area contributed by atoms with Crippen molar-refractivity contribution in [2.75, 3.05) is 4.90 Å². The molecule has 0 aliphatic carbocycles. The number of anilines is 1. The SMILES string of the molecule is Cc1c(Cl)nc(C(C)C)nc1N1C2CCC1CC(O)C2. The molecule has 2 fully saturated rings. The van der Waals surface area contributed by atoms with Crippen molar-refractivity contribution in [3.63, 3.8) is 0 Å². The second-order valence-electron chi connectivity index (χ2n) is 6.39. The number of piperidine rings is 1. The van der Waals surface area contributed by atoms with Gasteiger partial charge in [-0.1, -0.05) is 25.4 Å². The maximum absolute atomic E-state index is 9.94. The molecule has 3 rings (SSSR count). The lowest BCUT2D eigenvalue weighted by molar-refractivity contribution is 0.126. The Hall–Kier alpha value is -0.870. The molecule has 2 unspecified atom stereocenters. The van der Waals surface area contributed by atoms with Gasteiger partial charge in [-0.3, -0.25) is 0 Å². The van der Waals surface area contributed by atoms with E-state index in [-0.39, 0.29) is 12.0 Å². The van der Waals surface area contributed by atoms with E-state index in [9.17, 15) is 5.11 Å². The number of aliphatic hydroxyl groups excluding tert-OH is 1. The Kier molecular flexibility index (Phi) is 3.63.